The summed E-state index contributed by atoms with van der Waals surface area (Å²) in [5.41, 5.74) is 4.52. The average Bonchev–Trinajstić information content (AvgIpc) is 2.85. The zero-order chi connectivity index (χ0) is 13.7. The van der Waals surface area contributed by atoms with Gasteiger partial charge in [0.25, 0.3) is 0 Å². The van der Waals surface area contributed by atoms with Crippen molar-refractivity contribution in [1.29, 1.82) is 0 Å². The third kappa shape index (κ3) is 2.74. The number of nitrogens with one attached hydrogen (secondary N) is 1. The van der Waals surface area contributed by atoms with Crippen molar-refractivity contribution in [1.82, 2.24) is 20.2 Å². The number of hydrogen-bond acceptors (Lipinski definition) is 5. The van der Waals surface area contributed by atoms with Gasteiger partial charge in [-0.1, -0.05) is 13.0 Å². The second kappa shape index (κ2) is 6.31. The number of hydrazine groups is 1. The van der Waals surface area contributed by atoms with E-state index in [0.717, 1.165) is 24.4 Å². The molecule has 19 heavy (non-hydrogen) atoms. The predicted octanol–water partition coefficient (Wildman–Crippen LogP) is 1.25. The molecule has 1 unspecified atom stereocenters. The molecule has 0 amide bonds. The first kappa shape index (κ1) is 13.5. The van der Waals surface area contributed by atoms with Gasteiger partial charge in [-0.2, -0.15) is 5.10 Å². The van der Waals surface area contributed by atoms with Gasteiger partial charge in [-0.3, -0.25) is 15.5 Å². The summed E-state index contributed by atoms with van der Waals surface area (Å²) in [6, 6.07) is 5.48. The first-order valence-electron chi connectivity index (χ1n) is 6.28. The molecule has 2 aromatic rings. The largest absolute Gasteiger partial charge is 0.493 e. The van der Waals surface area contributed by atoms with Crippen molar-refractivity contribution in [2.75, 3.05) is 7.11 Å². The summed E-state index contributed by atoms with van der Waals surface area (Å²) >= 11 is 0. The van der Waals surface area contributed by atoms with Crippen LogP contribution in [0, 0.1) is 0 Å². The van der Waals surface area contributed by atoms with Crippen molar-refractivity contribution >= 4 is 0 Å². The van der Waals surface area contributed by atoms with Gasteiger partial charge in [0, 0.05) is 12.7 Å². The number of rotatable bonds is 6. The number of ether oxygens (including phenoxy) is 1. The molecular weight excluding hydrogens is 242 g/mol. The summed E-state index contributed by atoms with van der Waals surface area (Å²) in [6.07, 6.45) is 4.43. The Morgan fingerprint density at radius 1 is 1.47 bits per heavy atom. The van der Waals surface area contributed by atoms with Crippen LogP contribution in [0.2, 0.25) is 0 Å². The molecule has 0 bridgehead atoms. The van der Waals surface area contributed by atoms with Crippen LogP contribution in [0.15, 0.2) is 30.6 Å². The van der Waals surface area contributed by atoms with E-state index in [1.165, 1.54) is 0 Å². The number of methoxy groups -OCH3 is 1. The Hall–Kier alpha value is -1.92. The minimum absolute atomic E-state index is 0.245. The van der Waals surface area contributed by atoms with E-state index in [0.29, 0.717) is 5.75 Å². The molecule has 2 heterocycles. The van der Waals surface area contributed by atoms with Crippen LogP contribution in [-0.4, -0.2) is 21.9 Å². The molecule has 0 fully saturated rings. The fraction of sp³-hybridized carbons (Fsp3) is 0.385. The Bertz CT molecular complexity index is 511. The Balaban J connectivity index is 2.45. The molecular formula is C13H19N5O. The highest BCUT2D eigenvalue weighted by Gasteiger charge is 2.23. The average molecular weight is 261 g/mol. The minimum Gasteiger partial charge on any atom is -0.493 e. The van der Waals surface area contributed by atoms with Gasteiger partial charge in [-0.05, 0) is 18.6 Å². The van der Waals surface area contributed by atoms with Gasteiger partial charge >= 0.3 is 0 Å². The van der Waals surface area contributed by atoms with Crippen LogP contribution in [0.4, 0.5) is 0 Å². The van der Waals surface area contributed by atoms with Crippen molar-refractivity contribution in [2.45, 2.75) is 25.9 Å². The number of nitrogens with two attached hydrogens (primary N) is 1. The van der Waals surface area contributed by atoms with E-state index in [1.54, 1.807) is 19.5 Å². The molecule has 102 valence electrons. The van der Waals surface area contributed by atoms with Gasteiger partial charge in [0.05, 0.1) is 19.0 Å². The van der Waals surface area contributed by atoms with Crippen molar-refractivity contribution in [3.63, 3.8) is 0 Å². The normalized spacial score (nSPS) is 12.4. The second-order valence-corrected chi connectivity index (χ2v) is 4.18. The Morgan fingerprint density at radius 2 is 2.32 bits per heavy atom. The monoisotopic (exact) mass is 261 g/mol. The van der Waals surface area contributed by atoms with Crippen molar-refractivity contribution in [3.05, 3.63) is 42.0 Å². The Kier molecular flexibility index (Phi) is 4.48. The summed E-state index contributed by atoms with van der Waals surface area (Å²) in [5, 5.41) is 4.34. The lowest BCUT2D eigenvalue weighted by Crippen LogP contribution is -2.31. The summed E-state index contributed by atoms with van der Waals surface area (Å²) in [6.45, 7) is 2.91. The SMILES string of the molecule is CCCn1ncc(OC)c1C(NN)c1ccccn1. The molecule has 0 aliphatic heterocycles. The van der Waals surface area contributed by atoms with Crippen molar-refractivity contribution in [2.24, 2.45) is 5.84 Å². The van der Waals surface area contributed by atoms with E-state index in [1.807, 2.05) is 22.9 Å². The van der Waals surface area contributed by atoms with Crippen molar-refractivity contribution in [3.8, 4) is 5.75 Å². The fourth-order valence-electron chi connectivity index (χ4n) is 2.07. The summed E-state index contributed by atoms with van der Waals surface area (Å²) in [7, 11) is 1.63. The number of hydrogen-bond donors (Lipinski definition) is 2. The zero-order valence-corrected chi connectivity index (χ0v) is 11.2. The van der Waals surface area contributed by atoms with Crippen LogP contribution >= 0.6 is 0 Å². The summed E-state index contributed by atoms with van der Waals surface area (Å²) in [4.78, 5) is 4.34. The Morgan fingerprint density at radius 3 is 2.89 bits per heavy atom. The highest BCUT2D eigenvalue weighted by molar-refractivity contribution is 5.33. The van der Waals surface area contributed by atoms with Gasteiger partial charge in [0.2, 0.25) is 0 Å². The first-order chi connectivity index (χ1) is 9.31. The van der Waals surface area contributed by atoms with Crippen LogP contribution in [0.5, 0.6) is 5.75 Å². The number of aryl methyl sites for hydroxylation is 1. The first-order valence-corrected chi connectivity index (χ1v) is 6.28. The Labute approximate surface area is 112 Å². The molecule has 3 N–H and O–H groups in total. The zero-order valence-electron chi connectivity index (χ0n) is 11.2. The highest BCUT2D eigenvalue weighted by Crippen LogP contribution is 2.28. The molecule has 0 radical (unpaired) electrons. The number of aromatic nitrogens is 3. The molecule has 0 aliphatic carbocycles. The standard InChI is InChI=1S/C13H19N5O/c1-3-8-18-13(11(19-2)9-16-18)12(17-14)10-6-4-5-7-15-10/h4-7,9,12,17H,3,8,14H2,1-2H3. The molecule has 1 atom stereocenters. The lowest BCUT2D eigenvalue weighted by molar-refractivity contribution is 0.397. The van der Waals surface area contributed by atoms with Gasteiger partial charge < -0.3 is 4.74 Å². The quantitative estimate of drug-likeness (QED) is 0.604. The van der Waals surface area contributed by atoms with Gasteiger partial charge in [-0.25, -0.2) is 5.43 Å². The lowest BCUT2D eigenvalue weighted by atomic mass is 10.1. The third-order valence-electron chi connectivity index (χ3n) is 2.92. The van der Waals surface area contributed by atoms with E-state index in [2.05, 4.69) is 22.4 Å². The van der Waals surface area contributed by atoms with Crippen LogP contribution in [0.3, 0.4) is 0 Å². The third-order valence-corrected chi connectivity index (χ3v) is 2.92. The predicted molar refractivity (Wildman–Crippen MR) is 72.5 cm³/mol. The van der Waals surface area contributed by atoms with E-state index in [4.69, 9.17) is 10.6 Å². The summed E-state index contributed by atoms with van der Waals surface area (Å²) in [5.74, 6) is 6.41. The maximum absolute atomic E-state index is 5.70. The molecule has 0 spiro atoms. The van der Waals surface area contributed by atoms with Crippen LogP contribution in [0.1, 0.15) is 30.8 Å². The summed E-state index contributed by atoms with van der Waals surface area (Å²) < 4.78 is 7.27. The maximum Gasteiger partial charge on any atom is 0.162 e. The van der Waals surface area contributed by atoms with Gasteiger partial charge in [0.15, 0.2) is 5.75 Å². The molecule has 0 aromatic carbocycles. The minimum atomic E-state index is -0.245. The molecule has 0 aliphatic rings. The highest BCUT2D eigenvalue weighted by atomic mass is 16.5. The lowest BCUT2D eigenvalue weighted by Gasteiger charge is -2.18. The van der Waals surface area contributed by atoms with Crippen LogP contribution < -0.4 is 16.0 Å². The smallest absolute Gasteiger partial charge is 0.162 e. The van der Waals surface area contributed by atoms with Gasteiger partial charge in [0.1, 0.15) is 11.7 Å². The van der Waals surface area contributed by atoms with E-state index < -0.39 is 0 Å². The molecule has 0 saturated heterocycles. The van der Waals surface area contributed by atoms with E-state index >= 15 is 0 Å². The van der Waals surface area contributed by atoms with Crippen molar-refractivity contribution < 1.29 is 4.74 Å². The van der Waals surface area contributed by atoms with E-state index in [9.17, 15) is 0 Å². The second-order valence-electron chi connectivity index (χ2n) is 4.18. The number of nitrogens with zero attached hydrogens (tertiary/aromatic N) is 3. The molecule has 2 rings (SSSR count). The maximum atomic E-state index is 5.70. The molecule has 2 aromatic heterocycles. The topological polar surface area (TPSA) is 78.0 Å². The van der Waals surface area contributed by atoms with Crippen LogP contribution in [0.25, 0.3) is 0 Å². The molecule has 6 nitrogen and oxygen atoms in total. The molecule has 6 heteroatoms. The van der Waals surface area contributed by atoms with E-state index in [-0.39, 0.29) is 6.04 Å². The van der Waals surface area contributed by atoms with Gasteiger partial charge in [-0.15, -0.1) is 0 Å². The van der Waals surface area contributed by atoms with Crippen LogP contribution in [-0.2, 0) is 6.54 Å². The molecule has 0 saturated carbocycles. The number of pyridine rings is 1. The fourth-order valence-corrected chi connectivity index (χ4v) is 2.07.